The van der Waals surface area contributed by atoms with E-state index in [1.807, 2.05) is 0 Å². The molecule has 0 radical (unpaired) electrons. The van der Waals surface area contributed by atoms with E-state index in [0.29, 0.717) is 16.5 Å². The molecule has 1 fully saturated rings. The highest BCUT2D eigenvalue weighted by atomic mass is 32.2. The molecule has 41 heavy (non-hydrogen) atoms. The second-order valence-corrected chi connectivity index (χ2v) is 13.6. The van der Waals surface area contributed by atoms with E-state index < -0.39 is 47.1 Å². The highest BCUT2D eigenvalue weighted by Gasteiger charge is 2.35. The Morgan fingerprint density at radius 2 is 1.71 bits per heavy atom. The van der Waals surface area contributed by atoms with Crippen LogP contribution in [0.2, 0.25) is 0 Å². The molecule has 0 bridgehead atoms. The van der Waals surface area contributed by atoms with E-state index in [-0.39, 0.29) is 34.2 Å². The van der Waals surface area contributed by atoms with Gasteiger partial charge in [-0.3, -0.25) is 14.9 Å². The van der Waals surface area contributed by atoms with Crippen molar-refractivity contribution in [1.82, 2.24) is 5.32 Å². The van der Waals surface area contributed by atoms with Crippen LogP contribution in [0.25, 0.3) is 22.3 Å². The zero-order chi connectivity index (χ0) is 29.9. The molecule has 1 aliphatic carbocycles. The Kier molecular flexibility index (Phi) is 6.86. The van der Waals surface area contributed by atoms with Gasteiger partial charge in [-0.1, -0.05) is 0 Å². The minimum absolute atomic E-state index is 0.0622. The van der Waals surface area contributed by atoms with E-state index >= 15 is 0 Å². The molecule has 214 valence electrons. The summed E-state index contributed by atoms with van der Waals surface area (Å²) in [6.45, 7) is 0. The summed E-state index contributed by atoms with van der Waals surface area (Å²) in [4.78, 5) is 23.0. The van der Waals surface area contributed by atoms with Gasteiger partial charge < -0.3 is 9.73 Å². The topological polar surface area (TPSA) is 157 Å². The molecule has 1 N–H and O–H groups in total. The number of carbonyl (C=O) groups is 1. The fourth-order valence-electron chi connectivity index (χ4n) is 4.79. The number of hydrogen-bond donors (Lipinski definition) is 1. The van der Waals surface area contributed by atoms with E-state index in [9.17, 15) is 36.1 Å². The van der Waals surface area contributed by atoms with Gasteiger partial charge in [0.05, 0.1) is 28.1 Å². The van der Waals surface area contributed by atoms with Crippen LogP contribution in [0.5, 0.6) is 0 Å². The van der Waals surface area contributed by atoms with Gasteiger partial charge in [-0.05, 0) is 66.8 Å². The van der Waals surface area contributed by atoms with Gasteiger partial charge >= 0.3 is 0 Å². The number of anilines is 2. The predicted octanol–water partition coefficient (Wildman–Crippen LogP) is 4.89. The molecule has 14 heteroatoms. The van der Waals surface area contributed by atoms with Crippen LogP contribution in [0.4, 0.5) is 21.5 Å². The molecule has 4 aromatic rings. The Morgan fingerprint density at radius 3 is 2.24 bits per heavy atom. The zero-order valence-corrected chi connectivity index (χ0v) is 23.7. The normalized spacial score (nSPS) is 13.8. The number of benzene rings is 3. The second kappa shape index (κ2) is 9.96. The molecule has 1 amide bonds. The molecule has 0 atom stereocenters. The number of carbonyl (C=O) groups excluding carboxylic acids is 1. The molecule has 1 aromatic heterocycles. The number of rotatable bonds is 8. The fraction of sp³-hybridized carbons (Fsp3) is 0.222. The number of fused-ring (bicyclic) bond motifs is 1. The maximum absolute atomic E-state index is 13.6. The first-order valence-electron chi connectivity index (χ1n) is 12.3. The number of furan rings is 1. The van der Waals surface area contributed by atoms with Gasteiger partial charge in [0, 0.05) is 36.4 Å². The molecule has 1 heterocycles. The van der Waals surface area contributed by atoms with Crippen molar-refractivity contribution in [3.63, 3.8) is 0 Å². The number of amides is 1. The quantitative estimate of drug-likeness (QED) is 0.221. The van der Waals surface area contributed by atoms with Gasteiger partial charge in [-0.2, -0.15) is 0 Å². The number of nitrogens with one attached hydrogen (secondary N) is 1. The monoisotopic (exact) mass is 601 g/mol. The standard InChI is InChI=1S/C27H24FN3O8S2/c1-29-27(32)25-20-13-19(15-4-5-15)22(14-23(20)39-26(25)16-6-8-17(28)9-7-16)30(41(3,37)38)18-10-11-21(31(33)34)24(12-18)40(2,35)36/h6-15H,4-5H2,1-3H3,(H,29,32). The predicted molar refractivity (Wildman–Crippen MR) is 150 cm³/mol. The summed E-state index contributed by atoms with van der Waals surface area (Å²) < 4.78 is 71.9. The molecule has 3 aromatic carbocycles. The van der Waals surface area contributed by atoms with Gasteiger partial charge in [0.15, 0.2) is 9.84 Å². The van der Waals surface area contributed by atoms with Gasteiger partial charge in [0.2, 0.25) is 10.0 Å². The first kappa shape index (κ1) is 28.2. The van der Waals surface area contributed by atoms with Gasteiger partial charge in [0.1, 0.15) is 22.1 Å². The summed E-state index contributed by atoms with van der Waals surface area (Å²) in [7, 11) is -6.80. The van der Waals surface area contributed by atoms with E-state index in [4.69, 9.17) is 4.42 Å². The van der Waals surface area contributed by atoms with Crippen molar-refractivity contribution in [3.05, 3.63) is 81.7 Å². The summed E-state index contributed by atoms with van der Waals surface area (Å²) in [5, 5.41) is 14.5. The Balaban J connectivity index is 1.81. The average molecular weight is 602 g/mol. The highest BCUT2D eigenvalue weighted by Crippen LogP contribution is 2.49. The summed E-state index contributed by atoms with van der Waals surface area (Å²) in [6, 6.07) is 11.5. The Bertz CT molecular complexity index is 1950. The lowest BCUT2D eigenvalue weighted by atomic mass is 10.00. The molecule has 0 saturated heterocycles. The summed E-state index contributed by atoms with van der Waals surface area (Å²) in [5.74, 6) is -0.859. The van der Waals surface area contributed by atoms with Crippen LogP contribution >= 0.6 is 0 Å². The molecule has 0 spiro atoms. The number of nitro groups is 1. The van der Waals surface area contributed by atoms with Crippen LogP contribution in [-0.4, -0.2) is 47.2 Å². The molecule has 5 rings (SSSR count). The lowest BCUT2D eigenvalue weighted by molar-refractivity contribution is -0.387. The number of sulfone groups is 1. The van der Waals surface area contributed by atoms with Crippen molar-refractivity contribution >= 4 is 53.8 Å². The maximum Gasteiger partial charge on any atom is 0.288 e. The minimum atomic E-state index is -4.14. The average Bonchev–Trinajstić information content (AvgIpc) is 3.67. The Labute approximate surface area is 234 Å². The Hall–Kier alpha value is -4.30. The lowest BCUT2D eigenvalue weighted by Gasteiger charge is -2.25. The molecule has 0 aliphatic heterocycles. The van der Waals surface area contributed by atoms with Crippen molar-refractivity contribution in [2.24, 2.45) is 0 Å². The van der Waals surface area contributed by atoms with Crippen LogP contribution in [0.3, 0.4) is 0 Å². The van der Waals surface area contributed by atoms with Crippen molar-refractivity contribution < 1.29 is 35.4 Å². The smallest absolute Gasteiger partial charge is 0.288 e. The second-order valence-electron chi connectivity index (χ2n) is 9.78. The molecular weight excluding hydrogens is 577 g/mol. The van der Waals surface area contributed by atoms with E-state index in [2.05, 4.69) is 5.32 Å². The summed E-state index contributed by atoms with van der Waals surface area (Å²) >= 11 is 0. The largest absolute Gasteiger partial charge is 0.455 e. The first-order valence-corrected chi connectivity index (χ1v) is 16.0. The number of halogens is 1. The number of nitro benzene ring substituents is 1. The molecule has 1 aliphatic rings. The maximum atomic E-state index is 13.6. The summed E-state index contributed by atoms with van der Waals surface area (Å²) in [6.07, 6.45) is 3.20. The zero-order valence-electron chi connectivity index (χ0n) is 22.0. The number of nitrogens with zero attached hydrogens (tertiary/aromatic N) is 2. The van der Waals surface area contributed by atoms with Crippen molar-refractivity contribution in [3.8, 4) is 11.3 Å². The first-order chi connectivity index (χ1) is 19.2. The molecule has 0 unspecified atom stereocenters. The summed E-state index contributed by atoms with van der Waals surface area (Å²) in [5.41, 5.74) is 0.662. The van der Waals surface area contributed by atoms with Crippen LogP contribution in [0, 0.1) is 15.9 Å². The van der Waals surface area contributed by atoms with Gasteiger partial charge in [0.25, 0.3) is 11.6 Å². The van der Waals surface area contributed by atoms with E-state index in [1.165, 1.54) is 37.4 Å². The van der Waals surface area contributed by atoms with Crippen LogP contribution in [-0.2, 0) is 19.9 Å². The van der Waals surface area contributed by atoms with Gasteiger partial charge in [-0.15, -0.1) is 0 Å². The van der Waals surface area contributed by atoms with Gasteiger partial charge in [-0.25, -0.2) is 25.5 Å². The molecular formula is C27H24FN3O8S2. The third-order valence-electron chi connectivity index (χ3n) is 6.74. The van der Waals surface area contributed by atoms with Crippen LogP contribution in [0.15, 0.2) is 63.9 Å². The minimum Gasteiger partial charge on any atom is -0.455 e. The van der Waals surface area contributed by atoms with E-state index in [0.717, 1.165) is 47.9 Å². The fourth-order valence-corrected chi connectivity index (χ4v) is 6.66. The number of sulfonamides is 1. The van der Waals surface area contributed by atoms with Crippen LogP contribution in [0.1, 0.15) is 34.7 Å². The lowest BCUT2D eigenvalue weighted by Crippen LogP contribution is -2.26. The van der Waals surface area contributed by atoms with Crippen molar-refractivity contribution in [1.29, 1.82) is 0 Å². The molecule has 1 saturated carbocycles. The van der Waals surface area contributed by atoms with Crippen LogP contribution < -0.4 is 9.62 Å². The van der Waals surface area contributed by atoms with Crippen molar-refractivity contribution in [2.45, 2.75) is 23.7 Å². The highest BCUT2D eigenvalue weighted by molar-refractivity contribution is 7.92. The SMILES string of the molecule is CNC(=O)c1c(-c2ccc(F)cc2)oc2cc(N(c3ccc([N+](=O)[O-])c(S(C)(=O)=O)c3)S(C)(=O)=O)c(C3CC3)cc12. The van der Waals surface area contributed by atoms with Crippen molar-refractivity contribution in [2.75, 3.05) is 23.9 Å². The number of hydrogen-bond acceptors (Lipinski definition) is 8. The third-order valence-corrected chi connectivity index (χ3v) is 8.94. The third kappa shape index (κ3) is 5.27. The molecule has 11 nitrogen and oxygen atoms in total. The Morgan fingerprint density at radius 1 is 1.05 bits per heavy atom. The van der Waals surface area contributed by atoms with E-state index in [1.54, 1.807) is 6.07 Å².